The molecule has 4 heteroatoms. The number of carbonyl (C=O) groups excluding carboxylic acids is 1. The Morgan fingerprint density at radius 1 is 1.16 bits per heavy atom. The van der Waals surface area contributed by atoms with Crippen LogP contribution in [-0.4, -0.2) is 24.0 Å². The number of hydrogen-bond donors (Lipinski definition) is 2. The van der Waals surface area contributed by atoms with Crippen molar-refractivity contribution in [3.05, 3.63) is 35.6 Å². The highest BCUT2D eigenvalue weighted by molar-refractivity contribution is 5.94. The van der Waals surface area contributed by atoms with Gasteiger partial charge >= 0.3 is 0 Å². The summed E-state index contributed by atoms with van der Waals surface area (Å²) < 4.78 is 12.8. The van der Waals surface area contributed by atoms with Gasteiger partial charge in [0.05, 0.1) is 0 Å². The van der Waals surface area contributed by atoms with Crippen LogP contribution in [0.4, 0.5) is 4.39 Å². The topological polar surface area (TPSA) is 41.1 Å². The molecular formula is C15H19FN2O. The number of halogens is 1. The molecule has 1 aromatic carbocycles. The van der Waals surface area contributed by atoms with Gasteiger partial charge in [-0.25, -0.2) is 4.39 Å². The summed E-state index contributed by atoms with van der Waals surface area (Å²) in [4.78, 5) is 12.1. The summed E-state index contributed by atoms with van der Waals surface area (Å²) >= 11 is 0. The molecule has 1 aromatic rings. The lowest BCUT2D eigenvalue weighted by Gasteiger charge is -2.40. The van der Waals surface area contributed by atoms with E-state index in [1.54, 1.807) is 0 Å². The smallest absolute Gasteiger partial charge is 0.251 e. The van der Waals surface area contributed by atoms with Crippen molar-refractivity contribution in [1.29, 1.82) is 0 Å². The van der Waals surface area contributed by atoms with E-state index in [2.05, 4.69) is 10.6 Å². The number of carbonyl (C=O) groups is 1. The zero-order chi connectivity index (χ0) is 13.2. The Morgan fingerprint density at radius 2 is 1.79 bits per heavy atom. The standard InChI is InChI=1S/C15H19FN2O/c16-11-6-4-10(5-7-11)15(19)18-14-8-12-2-1-3-13(9-14)17-12/h4-7,12-14,17H,1-3,8-9H2,(H,18,19). The second-order valence-corrected chi connectivity index (χ2v) is 5.64. The first-order valence-electron chi connectivity index (χ1n) is 7.03. The Hall–Kier alpha value is -1.42. The third-order valence-electron chi connectivity index (χ3n) is 4.16. The second kappa shape index (κ2) is 5.29. The lowest BCUT2D eigenvalue weighted by molar-refractivity contribution is 0.0907. The fourth-order valence-electron chi connectivity index (χ4n) is 3.25. The molecule has 0 aliphatic carbocycles. The van der Waals surface area contributed by atoms with Crippen LogP contribution >= 0.6 is 0 Å². The first kappa shape index (κ1) is 12.6. The van der Waals surface area contributed by atoms with Gasteiger partial charge in [-0.1, -0.05) is 6.42 Å². The molecule has 1 amide bonds. The minimum atomic E-state index is -0.312. The molecule has 3 rings (SSSR count). The number of fused-ring (bicyclic) bond motifs is 2. The van der Waals surface area contributed by atoms with Gasteiger partial charge in [0.2, 0.25) is 0 Å². The van der Waals surface area contributed by atoms with E-state index in [0.29, 0.717) is 17.6 Å². The summed E-state index contributed by atoms with van der Waals surface area (Å²) in [7, 11) is 0. The van der Waals surface area contributed by atoms with Gasteiger partial charge in [-0.15, -0.1) is 0 Å². The van der Waals surface area contributed by atoms with Gasteiger partial charge in [-0.2, -0.15) is 0 Å². The molecule has 0 spiro atoms. The molecular weight excluding hydrogens is 243 g/mol. The third kappa shape index (κ3) is 2.95. The van der Waals surface area contributed by atoms with Crippen LogP contribution in [0.2, 0.25) is 0 Å². The van der Waals surface area contributed by atoms with Crippen molar-refractivity contribution < 1.29 is 9.18 Å². The molecule has 2 unspecified atom stereocenters. The van der Waals surface area contributed by atoms with Gasteiger partial charge in [0.1, 0.15) is 5.82 Å². The van der Waals surface area contributed by atoms with Crippen LogP contribution in [0.15, 0.2) is 24.3 Å². The predicted molar refractivity (Wildman–Crippen MR) is 71.5 cm³/mol. The summed E-state index contributed by atoms with van der Waals surface area (Å²) in [6.07, 6.45) is 5.71. The van der Waals surface area contributed by atoms with Crippen LogP contribution in [0, 0.1) is 5.82 Å². The van der Waals surface area contributed by atoms with E-state index in [1.807, 2.05) is 0 Å². The highest BCUT2D eigenvalue weighted by atomic mass is 19.1. The molecule has 0 radical (unpaired) electrons. The summed E-state index contributed by atoms with van der Waals surface area (Å²) in [5.74, 6) is -0.405. The quantitative estimate of drug-likeness (QED) is 0.858. The van der Waals surface area contributed by atoms with E-state index in [9.17, 15) is 9.18 Å². The molecule has 19 heavy (non-hydrogen) atoms. The average molecular weight is 262 g/mol. The Morgan fingerprint density at radius 3 is 2.42 bits per heavy atom. The first-order valence-corrected chi connectivity index (χ1v) is 7.03. The van der Waals surface area contributed by atoms with Crippen molar-refractivity contribution in [3.63, 3.8) is 0 Å². The molecule has 2 bridgehead atoms. The number of hydrogen-bond acceptors (Lipinski definition) is 2. The van der Waals surface area contributed by atoms with Gasteiger partial charge in [-0.3, -0.25) is 4.79 Å². The second-order valence-electron chi connectivity index (χ2n) is 5.64. The molecule has 2 aliphatic heterocycles. The SMILES string of the molecule is O=C(NC1CC2CCCC(C1)N2)c1ccc(F)cc1. The maximum absolute atomic E-state index is 12.8. The van der Waals surface area contributed by atoms with Crippen LogP contribution in [0.1, 0.15) is 42.5 Å². The number of piperidine rings is 2. The highest BCUT2D eigenvalue weighted by Gasteiger charge is 2.31. The van der Waals surface area contributed by atoms with E-state index < -0.39 is 0 Å². The van der Waals surface area contributed by atoms with Gasteiger partial charge < -0.3 is 10.6 Å². The molecule has 0 aromatic heterocycles. The summed E-state index contributed by atoms with van der Waals surface area (Å²) in [6, 6.07) is 7.06. The van der Waals surface area contributed by atoms with Crippen LogP contribution in [0.3, 0.4) is 0 Å². The van der Waals surface area contributed by atoms with Crippen molar-refractivity contribution in [3.8, 4) is 0 Å². The van der Waals surface area contributed by atoms with Crippen molar-refractivity contribution in [2.75, 3.05) is 0 Å². The van der Waals surface area contributed by atoms with Crippen molar-refractivity contribution in [2.45, 2.75) is 50.2 Å². The molecule has 102 valence electrons. The molecule has 2 fully saturated rings. The van der Waals surface area contributed by atoms with Crippen molar-refractivity contribution >= 4 is 5.91 Å². The van der Waals surface area contributed by atoms with Crippen LogP contribution in [0.5, 0.6) is 0 Å². The van der Waals surface area contributed by atoms with E-state index >= 15 is 0 Å². The zero-order valence-electron chi connectivity index (χ0n) is 10.9. The predicted octanol–water partition coefficient (Wildman–Crippen LogP) is 2.23. The minimum Gasteiger partial charge on any atom is -0.349 e. The molecule has 2 atom stereocenters. The summed E-state index contributed by atoms with van der Waals surface area (Å²) in [6.45, 7) is 0. The largest absolute Gasteiger partial charge is 0.349 e. The zero-order valence-corrected chi connectivity index (χ0v) is 10.9. The van der Waals surface area contributed by atoms with E-state index in [0.717, 1.165) is 12.8 Å². The summed E-state index contributed by atoms with van der Waals surface area (Å²) in [5.41, 5.74) is 0.532. The first-order chi connectivity index (χ1) is 9.20. The van der Waals surface area contributed by atoms with Crippen molar-refractivity contribution in [1.82, 2.24) is 10.6 Å². The van der Waals surface area contributed by atoms with Gasteiger partial charge in [0.15, 0.2) is 0 Å². The van der Waals surface area contributed by atoms with Crippen LogP contribution < -0.4 is 10.6 Å². The molecule has 2 N–H and O–H groups in total. The van der Waals surface area contributed by atoms with E-state index in [1.165, 1.54) is 43.5 Å². The van der Waals surface area contributed by atoms with Crippen molar-refractivity contribution in [2.24, 2.45) is 0 Å². The third-order valence-corrected chi connectivity index (χ3v) is 4.16. The number of benzene rings is 1. The fraction of sp³-hybridized carbons (Fsp3) is 0.533. The molecule has 3 nitrogen and oxygen atoms in total. The maximum atomic E-state index is 12.8. The van der Waals surface area contributed by atoms with Gasteiger partial charge in [0, 0.05) is 23.7 Å². The van der Waals surface area contributed by atoms with E-state index in [-0.39, 0.29) is 17.8 Å². The highest BCUT2D eigenvalue weighted by Crippen LogP contribution is 2.25. The Labute approximate surface area is 112 Å². The number of amides is 1. The lowest BCUT2D eigenvalue weighted by Crippen LogP contribution is -2.54. The Kier molecular flexibility index (Phi) is 3.51. The van der Waals surface area contributed by atoms with Crippen LogP contribution in [0.25, 0.3) is 0 Å². The maximum Gasteiger partial charge on any atom is 0.251 e. The van der Waals surface area contributed by atoms with Gasteiger partial charge in [-0.05, 0) is 49.9 Å². The van der Waals surface area contributed by atoms with Gasteiger partial charge in [0.25, 0.3) is 5.91 Å². The Bertz CT molecular complexity index is 448. The molecule has 2 heterocycles. The normalized spacial score (nSPS) is 29.8. The molecule has 0 saturated carbocycles. The summed E-state index contributed by atoms with van der Waals surface area (Å²) in [5, 5.41) is 6.68. The number of rotatable bonds is 2. The van der Waals surface area contributed by atoms with Crippen LogP contribution in [-0.2, 0) is 0 Å². The average Bonchev–Trinajstić information content (AvgIpc) is 2.39. The monoisotopic (exact) mass is 262 g/mol. The Balaban J connectivity index is 1.61. The van der Waals surface area contributed by atoms with E-state index in [4.69, 9.17) is 0 Å². The lowest BCUT2D eigenvalue weighted by atomic mass is 9.84. The molecule has 2 saturated heterocycles. The minimum absolute atomic E-state index is 0.0926. The fourth-order valence-corrected chi connectivity index (χ4v) is 3.25. The molecule has 2 aliphatic rings. The number of nitrogens with one attached hydrogen (secondary N) is 2.